The molecule has 0 aliphatic carbocycles. The number of hydrogen-bond acceptors (Lipinski definition) is 4. The van der Waals surface area contributed by atoms with Gasteiger partial charge in [0.25, 0.3) is 5.91 Å². The number of amides is 1. The molecule has 0 bridgehead atoms. The summed E-state index contributed by atoms with van der Waals surface area (Å²) < 4.78 is 0. The fraction of sp³-hybridized carbons (Fsp3) is 0.412. The Balaban J connectivity index is 1.77. The standard InChI is InChI=1S/C17H21N3O3/c21-12-17(23)5-2-9-20(10-6-17)16(22)14-4-1-3-13(11-14)15-18-7-8-19-15/h1,3-4,7-8,11,21,23H,2,5-6,9-10,12H2,(H,18,19)/t17-/m0/s1. The Labute approximate surface area is 134 Å². The first kappa shape index (κ1) is 15.7. The van der Waals surface area contributed by atoms with Gasteiger partial charge in [-0.3, -0.25) is 4.79 Å². The number of H-pyrrole nitrogens is 1. The van der Waals surface area contributed by atoms with Crippen molar-refractivity contribution in [2.24, 2.45) is 0 Å². The summed E-state index contributed by atoms with van der Waals surface area (Å²) in [5.41, 5.74) is 0.404. The van der Waals surface area contributed by atoms with Gasteiger partial charge in [-0.1, -0.05) is 12.1 Å². The van der Waals surface area contributed by atoms with Crippen LogP contribution < -0.4 is 0 Å². The molecule has 0 spiro atoms. The monoisotopic (exact) mass is 315 g/mol. The molecule has 1 aliphatic heterocycles. The van der Waals surface area contributed by atoms with Crippen LogP contribution in [0.25, 0.3) is 11.4 Å². The highest BCUT2D eigenvalue weighted by Crippen LogP contribution is 2.23. The van der Waals surface area contributed by atoms with Gasteiger partial charge < -0.3 is 20.1 Å². The maximum atomic E-state index is 12.7. The first-order chi connectivity index (χ1) is 11.1. The van der Waals surface area contributed by atoms with E-state index in [1.807, 2.05) is 18.2 Å². The van der Waals surface area contributed by atoms with Gasteiger partial charge in [-0.25, -0.2) is 4.98 Å². The predicted octanol–water partition coefficient (Wildman–Crippen LogP) is 1.43. The van der Waals surface area contributed by atoms with Crippen LogP contribution in [0.4, 0.5) is 0 Å². The fourth-order valence-corrected chi connectivity index (χ4v) is 2.95. The largest absolute Gasteiger partial charge is 0.393 e. The Hall–Kier alpha value is -2.18. The first-order valence-corrected chi connectivity index (χ1v) is 7.84. The van der Waals surface area contributed by atoms with E-state index in [-0.39, 0.29) is 12.5 Å². The number of imidazole rings is 1. The smallest absolute Gasteiger partial charge is 0.253 e. The van der Waals surface area contributed by atoms with Crippen molar-refractivity contribution in [2.45, 2.75) is 24.9 Å². The normalized spacial score (nSPS) is 21.9. The minimum Gasteiger partial charge on any atom is -0.393 e. The Morgan fingerprint density at radius 2 is 2.22 bits per heavy atom. The van der Waals surface area contributed by atoms with Crippen molar-refractivity contribution < 1.29 is 15.0 Å². The Kier molecular flexibility index (Phi) is 4.45. The van der Waals surface area contributed by atoms with Crippen molar-refractivity contribution in [3.05, 3.63) is 42.2 Å². The molecule has 1 aliphatic rings. The number of aliphatic hydroxyl groups is 2. The van der Waals surface area contributed by atoms with Crippen LogP contribution in [0, 0.1) is 0 Å². The molecule has 0 radical (unpaired) electrons. The third-order valence-electron chi connectivity index (χ3n) is 4.38. The Morgan fingerprint density at radius 1 is 1.35 bits per heavy atom. The van der Waals surface area contributed by atoms with E-state index in [0.29, 0.717) is 37.9 Å². The van der Waals surface area contributed by atoms with Gasteiger partial charge in [-0.2, -0.15) is 0 Å². The van der Waals surface area contributed by atoms with Crippen LogP contribution in [0.2, 0.25) is 0 Å². The maximum Gasteiger partial charge on any atom is 0.253 e. The molecular formula is C17H21N3O3. The summed E-state index contributed by atoms with van der Waals surface area (Å²) >= 11 is 0. The van der Waals surface area contributed by atoms with E-state index in [4.69, 9.17) is 0 Å². The molecule has 122 valence electrons. The van der Waals surface area contributed by atoms with Crippen LogP contribution in [-0.2, 0) is 0 Å². The summed E-state index contributed by atoms with van der Waals surface area (Å²) in [6, 6.07) is 7.36. The minimum atomic E-state index is -1.06. The zero-order valence-corrected chi connectivity index (χ0v) is 12.9. The van der Waals surface area contributed by atoms with Crippen molar-refractivity contribution in [2.75, 3.05) is 19.7 Å². The lowest BCUT2D eigenvalue weighted by atomic mass is 9.96. The minimum absolute atomic E-state index is 0.0550. The van der Waals surface area contributed by atoms with E-state index in [1.54, 1.807) is 23.4 Å². The van der Waals surface area contributed by atoms with Crippen molar-refractivity contribution >= 4 is 5.91 Å². The van der Waals surface area contributed by atoms with Crippen LogP contribution in [-0.4, -0.2) is 56.3 Å². The number of hydrogen-bond donors (Lipinski definition) is 3. The molecular weight excluding hydrogens is 294 g/mol. The second-order valence-corrected chi connectivity index (χ2v) is 6.05. The van der Waals surface area contributed by atoms with Gasteiger partial charge >= 0.3 is 0 Å². The number of nitrogens with zero attached hydrogens (tertiary/aromatic N) is 2. The van der Waals surface area contributed by atoms with Crippen molar-refractivity contribution in [3.8, 4) is 11.4 Å². The van der Waals surface area contributed by atoms with E-state index in [9.17, 15) is 15.0 Å². The molecule has 0 saturated carbocycles. The SMILES string of the molecule is O=C(c1cccc(-c2ncc[nH]2)c1)N1CCC[C@@](O)(CO)CC1. The highest BCUT2D eigenvalue weighted by atomic mass is 16.3. The lowest BCUT2D eigenvalue weighted by Gasteiger charge is -2.24. The number of likely N-dealkylation sites (tertiary alicyclic amines) is 1. The van der Waals surface area contributed by atoms with Gasteiger partial charge in [-0.15, -0.1) is 0 Å². The zero-order valence-electron chi connectivity index (χ0n) is 12.9. The van der Waals surface area contributed by atoms with Crippen LogP contribution >= 0.6 is 0 Å². The Morgan fingerprint density at radius 3 is 2.96 bits per heavy atom. The molecule has 2 heterocycles. The highest BCUT2D eigenvalue weighted by Gasteiger charge is 2.31. The molecule has 3 N–H and O–H groups in total. The molecule has 1 amide bonds. The summed E-state index contributed by atoms with van der Waals surface area (Å²) in [6.45, 7) is 0.774. The molecule has 6 heteroatoms. The quantitative estimate of drug-likeness (QED) is 0.799. The molecule has 0 unspecified atom stereocenters. The summed E-state index contributed by atoms with van der Waals surface area (Å²) in [6.07, 6.45) is 5.01. The molecule has 6 nitrogen and oxygen atoms in total. The van der Waals surface area contributed by atoms with Crippen LogP contribution in [0.1, 0.15) is 29.6 Å². The third-order valence-corrected chi connectivity index (χ3v) is 4.38. The van der Waals surface area contributed by atoms with Gasteiger partial charge in [0.15, 0.2) is 0 Å². The van der Waals surface area contributed by atoms with Crippen LogP contribution in [0.5, 0.6) is 0 Å². The molecule has 1 fully saturated rings. The molecule has 2 aromatic rings. The van der Waals surface area contributed by atoms with E-state index < -0.39 is 5.60 Å². The third kappa shape index (κ3) is 3.43. The number of aliphatic hydroxyl groups excluding tert-OH is 1. The van der Waals surface area contributed by atoms with Crippen LogP contribution in [0.15, 0.2) is 36.7 Å². The zero-order chi connectivity index (χ0) is 16.3. The number of carbonyl (C=O) groups is 1. The van der Waals surface area contributed by atoms with Gasteiger partial charge in [0, 0.05) is 36.6 Å². The van der Waals surface area contributed by atoms with Gasteiger partial charge in [0.1, 0.15) is 5.82 Å². The number of carbonyl (C=O) groups excluding carboxylic acids is 1. The lowest BCUT2D eigenvalue weighted by Crippen LogP contribution is -2.36. The maximum absolute atomic E-state index is 12.7. The van der Waals surface area contributed by atoms with Gasteiger partial charge in [-0.05, 0) is 31.4 Å². The second kappa shape index (κ2) is 6.52. The second-order valence-electron chi connectivity index (χ2n) is 6.05. The number of nitrogens with one attached hydrogen (secondary N) is 1. The summed E-state index contributed by atoms with van der Waals surface area (Å²) in [7, 11) is 0. The van der Waals surface area contributed by atoms with Crippen molar-refractivity contribution in [1.82, 2.24) is 14.9 Å². The Bertz CT molecular complexity index is 671. The number of aromatic amines is 1. The predicted molar refractivity (Wildman–Crippen MR) is 85.8 cm³/mol. The number of benzene rings is 1. The van der Waals surface area contributed by atoms with E-state index in [2.05, 4.69) is 9.97 Å². The first-order valence-electron chi connectivity index (χ1n) is 7.84. The number of rotatable bonds is 3. The van der Waals surface area contributed by atoms with Crippen molar-refractivity contribution in [1.29, 1.82) is 0 Å². The van der Waals surface area contributed by atoms with Gasteiger partial charge in [0.05, 0.1) is 12.2 Å². The van der Waals surface area contributed by atoms with E-state index in [1.165, 1.54) is 0 Å². The van der Waals surface area contributed by atoms with E-state index >= 15 is 0 Å². The van der Waals surface area contributed by atoms with Gasteiger partial charge in [0.2, 0.25) is 0 Å². The van der Waals surface area contributed by atoms with Crippen molar-refractivity contribution in [3.63, 3.8) is 0 Å². The summed E-state index contributed by atoms with van der Waals surface area (Å²) in [4.78, 5) is 21.7. The summed E-state index contributed by atoms with van der Waals surface area (Å²) in [5, 5.41) is 19.5. The molecule has 23 heavy (non-hydrogen) atoms. The molecule has 1 aromatic heterocycles. The highest BCUT2D eigenvalue weighted by molar-refractivity contribution is 5.95. The lowest BCUT2D eigenvalue weighted by molar-refractivity contribution is -0.0250. The molecule has 1 saturated heterocycles. The average Bonchev–Trinajstić information content (AvgIpc) is 3.05. The number of aromatic nitrogens is 2. The topological polar surface area (TPSA) is 89.5 Å². The van der Waals surface area contributed by atoms with Crippen LogP contribution in [0.3, 0.4) is 0 Å². The fourth-order valence-electron chi connectivity index (χ4n) is 2.95. The summed E-state index contributed by atoms with van der Waals surface area (Å²) in [5.74, 6) is 0.672. The molecule has 3 rings (SSSR count). The average molecular weight is 315 g/mol. The molecule has 1 aromatic carbocycles. The molecule has 1 atom stereocenters. The van der Waals surface area contributed by atoms with E-state index in [0.717, 1.165) is 11.4 Å².